The van der Waals surface area contributed by atoms with Crippen LogP contribution >= 0.6 is 0 Å². The lowest BCUT2D eigenvalue weighted by molar-refractivity contribution is 0.182. The Kier molecular flexibility index (Phi) is 5.44. The predicted octanol–water partition coefficient (Wildman–Crippen LogP) is 3.11. The number of hydrogen-bond acceptors (Lipinski definition) is 3. The summed E-state index contributed by atoms with van der Waals surface area (Å²) in [7, 11) is 1.77. The van der Waals surface area contributed by atoms with Crippen LogP contribution in [0.25, 0.3) is 0 Å². The Morgan fingerprint density at radius 1 is 1.40 bits per heavy atom. The maximum Gasteiger partial charge on any atom is 0.0663 e. The average molecular weight is 276 g/mol. The zero-order chi connectivity index (χ0) is 14.5. The van der Waals surface area contributed by atoms with Crippen LogP contribution in [0.1, 0.15) is 37.8 Å². The largest absolute Gasteiger partial charge is 0.383 e. The molecule has 1 saturated carbocycles. The van der Waals surface area contributed by atoms with Crippen molar-refractivity contribution in [2.45, 2.75) is 52.2 Å². The fourth-order valence-corrected chi connectivity index (χ4v) is 2.73. The number of ether oxygens (including phenoxy) is 1. The van der Waals surface area contributed by atoms with Gasteiger partial charge in [0.25, 0.3) is 0 Å². The smallest absolute Gasteiger partial charge is 0.0663 e. The molecule has 1 aromatic carbocycles. The van der Waals surface area contributed by atoms with Gasteiger partial charge in [-0.05, 0) is 45.2 Å². The van der Waals surface area contributed by atoms with E-state index in [1.165, 1.54) is 29.7 Å². The highest BCUT2D eigenvalue weighted by atomic mass is 16.5. The van der Waals surface area contributed by atoms with Gasteiger partial charge in [-0.1, -0.05) is 17.7 Å². The summed E-state index contributed by atoms with van der Waals surface area (Å²) in [6.45, 7) is 9.34. The van der Waals surface area contributed by atoms with E-state index in [-0.39, 0.29) is 0 Å². The first kappa shape index (κ1) is 15.3. The van der Waals surface area contributed by atoms with Crippen LogP contribution in [-0.2, 0) is 11.3 Å². The maximum absolute atomic E-state index is 5.32. The highest BCUT2D eigenvalue weighted by molar-refractivity contribution is 5.55. The number of aryl methyl sites for hydroxylation is 1. The number of hydrogen-bond donors (Lipinski definition) is 1. The predicted molar refractivity (Wildman–Crippen MR) is 85.4 cm³/mol. The Morgan fingerprint density at radius 3 is 2.75 bits per heavy atom. The minimum absolute atomic E-state index is 0.396. The van der Waals surface area contributed by atoms with Crippen molar-refractivity contribution in [3.63, 3.8) is 0 Å². The summed E-state index contributed by atoms with van der Waals surface area (Å²) in [4.78, 5) is 2.44. The van der Waals surface area contributed by atoms with Crippen LogP contribution in [-0.4, -0.2) is 32.3 Å². The molecule has 0 saturated heterocycles. The van der Waals surface area contributed by atoms with Gasteiger partial charge in [-0.25, -0.2) is 0 Å². The molecular formula is C17H28N2O. The molecule has 1 atom stereocenters. The molecule has 20 heavy (non-hydrogen) atoms. The zero-order valence-electron chi connectivity index (χ0n) is 13.3. The van der Waals surface area contributed by atoms with Crippen LogP contribution in [0.3, 0.4) is 0 Å². The molecule has 0 aromatic heterocycles. The second kappa shape index (κ2) is 7.09. The molecule has 112 valence electrons. The van der Waals surface area contributed by atoms with Gasteiger partial charge < -0.3 is 15.0 Å². The van der Waals surface area contributed by atoms with E-state index in [1.807, 2.05) is 0 Å². The molecule has 0 amide bonds. The molecule has 2 rings (SSSR count). The fraction of sp³-hybridized carbons (Fsp3) is 0.647. The van der Waals surface area contributed by atoms with Crippen LogP contribution < -0.4 is 10.2 Å². The van der Waals surface area contributed by atoms with Gasteiger partial charge in [0.15, 0.2) is 0 Å². The maximum atomic E-state index is 5.32. The van der Waals surface area contributed by atoms with Crippen molar-refractivity contribution in [3.8, 4) is 0 Å². The summed E-state index contributed by atoms with van der Waals surface area (Å²) in [5.74, 6) is 0. The van der Waals surface area contributed by atoms with Gasteiger partial charge in [-0.15, -0.1) is 0 Å². The third-order valence-electron chi connectivity index (χ3n) is 3.98. The van der Waals surface area contributed by atoms with E-state index >= 15 is 0 Å². The standard InChI is InChI=1S/C17H28N2O/c1-5-19(14(3)12-20-4)17-9-6-13(2)10-15(17)11-18-16-7-8-16/h6,9-10,14,16,18H,5,7-8,11-12H2,1-4H3. The molecule has 1 aliphatic rings. The Morgan fingerprint density at radius 2 is 2.15 bits per heavy atom. The fourth-order valence-electron chi connectivity index (χ4n) is 2.73. The van der Waals surface area contributed by atoms with Crippen molar-refractivity contribution in [2.24, 2.45) is 0 Å². The van der Waals surface area contributed by atoms with E-state index in [0.717, 1.165) is 25.7 Å². The highest BCUT2D eigenvalue weighted by Gasteiger charge is 2.22. The molecule has 0 bridgehead atoms. The van der Waals surface area contributed by atoms with Gasteiger partial charge in [0.05, 0.1) is 6.61 Å². The molecule has 0 aliphatic heterocycles. The Hall–Kier alpha value is -1.06. The first-order valence-electron chi connectivity index (χ1n) is 7.74. The van der Waals surface area contributed by atoms with Crippen LogP contribution in [0, 0.1) is 6.92 Å². The van der Waals surface area contributed by atoms with Crippen molar-refractivity contribution in [1.29, 1.82) is 0 Å². The van der Waals surface area contributed by atoms with E-state index in [1.54, 1.807) is 7.11 Å². The SMILES string of the molecule is CCN(c1ccc(C)cc1CNC1CC1)C(C)COC. The molecule has 1 aliphatic carbocycles. The monoisotopic (exact) mass is 276 g/mol. The molecule has 1 unspecified atom stereocenters. The number of rotatable bonds is 8. The summed E-state index contributed by atoms with van der Waals surface area (Å²) in [6.07, 6.45) is 2.66. The number of nitrogens with one attached hydrogen (secondary N) is 1. The number of likely N-dealkylation sites (N-methyl/N-ethyl adjacent to an activating group) is 1. The van der Waals surface area contributed by atoms with Gasteiger partial charge in [-0.2, -0.15) is 0 Å². The molecular weight excluding hydrogens is 248 g/mol. The lowest BCUT2D eigenvalue weighted by Crippen LogP contribution is -2.37. The van der Waals surface area contributed by atoms with E-state index in [0.29, 0.717) is 6.04 Å². The van der Waals surface area contributed by atoms with Crippen LogP contribution in [0.2, 0.25) is 0 Å². The number of nitrogens with zero attached hydrogens (tertiary/aromatic N) is 1. The molecule has 1 aromatic rings. The van der Waals surface area contributed by atoms with Gasteiger partial charge in [0.2, 0.25) is 0 Å². The van der Waals surface area contributed by atoms with E-state index in [9.17, 15) is 0 Å². The summed E-state index contributed by atoms with van der Waals surface area (Å²) in [5, 5.41) is 3.63. The summed E-state index contributed by atoms with van der Waals surface area (Å²) in [6, 6.07) is 7.92. The van der Waals surface area contributed by atoms with Gasteiger partial charge in [0.1, 0.15) is 0 Å². The first-order chi connectivity index (χ1) is 9.65. The zero-order valence-corrected chi connectivity index (χ0v) is 13.3. The number of methoxy groups -OCH3 is 1. The minimum atomic E-state index is 0.396. The second-order valence-electron chi connectivity index (χ2n) is 5.88. The summed E-state index contributed by atoms with van der Waals surface area (Å²) in [5.41, 5.74) is 4.08. The minimum Gasteiger partial charge on any atom is -0.383 e. The van der Waals surface area contributed by atoms with Crippen LogP contribution in [0.4, 0.5) is 5.69 Å². The third-order valence-corrected chi connectivity index (χ3v) is 3.98. The Balaban J connectivity index is 2.17. The molecule has 3 nitrogen and oxygen atoms in total. The van der Waals surface area contributed by atoms with E-state index in [2.05, 4.69) is 49.2 Å². The van der Waals surface area contributed by atoms with Crippen molar-refractivity contribution in [1.82, 2.24) is 5.32 Å². The molecule has 1 N–H and O–H groups in total. The molecule has 0 spiro atoms. The number of anilines is 1. The normalized spacial score (nSPS) is 16.2. The summed E-state index contributed by atoms with van der Waals surface area (Å²) < 4.78 is 5.32. The lowest BCUT2D eigenvalue weighted by atomic mass is 10.1. The van der Waals surface area contributed by atoms with Gasteiger partial charge in [0, 0.05) is 38.0 Å². The highest BCUT2D eigenvalue weighted by Crippen LogP contribution is 2.26. The molecule has 1 fully saturated rings. The van der Waals surface area contributed by atoms with Crippen molar-refractivity contribution in [2.75, 3.05) is 25.2 Å². The van der Waals surface area contributed by atoms with Crippen LogP contribution in [0.15, 0.2) is 18.2 Å². The summed E-state index contributed by atoms with van der Waals surface area (Å²) >= 11 is 0. The Labute approximate surface area is 123 Å². The van der Waals surface area contributed by atoms with E-state index < -0.39 is 0 Å². The number of benzene rings is 1. The van der Waals surface area contributed by atoms with Gasteiger partial charge in [-0.3, -0.25) is 0 Å². The van der Waals surface area contributed by atoms with Crippen molar-refractivity contribution in [3.05, 3.63) is 29.3 Å². The van der Waals surface area contributed by atoms with E-state index in [4.69, 9.17) is 4.74 Å². The molecule has 0 heterocycles. The third kappa shape index (κ3) is 3.97. The van der Waals surface area contributed by atoms with Crippen molar-refractivity contribution >= 4 is 5.69 Å². The molecule has 0 radical (unpaired) electrons. The van der Waals surface area contributed by atoms with Gasteiger partial charge >= 0.3 is 0 Å². The quantitative estimate of drug-likeness (QED) is 0.789. The topological polar surface area (TPSA) is 24.5 Å². The second-order valence-corrected chi connectivity index (χ2v) is 5.88. The lowest BCUT2D eigenvalue weighted by Gasteiger charge is -2.32. The Bertz CT molecular complexity index is 429. The average Bonchev–Trinajstić information content (AvgIpc) is 3.23. The molecule has 3 heteroatoms. The first-order valence-corrected chi connectivity index (χ1v) is 7.74. The van der Waals surface area contributed by atoms with Crippen molar-refractivity contribution < 1.29 is 4.74 Å². The van der Waals surface area contributed by atoms with Crippen LogP contribution in [0.5, 0.6) is 0 Å².